The average Bonchev–Trinajstić information content (AvgIpc) is 2.31. The highest BCUT2D eigenvalue weighted by Gasteiger charge is 2.10. The van der Waals surface area contributed by atoms with Crippen molar-refractivity contribution in [3.8, 4) is 5.88 Å². The van der Waals surface area contributed by atoms with Gasteiger partial charge in [-0.2, -0.15) is 4.98 Å². The third kappa shape index (κ3) is 3.56. The molecule has 1 aromatic heterocycles. The zero-order valence-electron chi connectivity index (χ0n) is 10.2. The van der Waals surface area contributed by atoms with E-state index in [2.05, 4.69) is 16.9 Å². The first kappa shape index (κ1) is 13.6. The second-order valence-electron chi connectivity index (χ2n) is 3.35. The van der Waals surface area contributed by atoms with E-state index in [1.165, 1.54) is 0 Å². The van der Waals surface area contributed by atoms with Gasteiger partial charge in [-0.25, -0.2) is 4.98 Å². The molecule has 0 radical (unpaired) electrons. The van der Waals surface area contributed by atoms with Crippen molar-refractivity contribution in [2.75, 3.05) is 19.1 Å². The molecule has 0 saturated carbocycles. The zero-order chi connectivity index (χ0) is 12.0. The smallest absolute Gasteiger partial charge is 0.221 e. The van der Waals surface area contributed by atoms with Crippen LogP contribution in [0.25, 0.3) is 0 Å². The van der Waals surface area contributed by atoms with Crippen LogP contribution >= 0.6 is 23.5 Å². The predicted octanol–water partition coefficient (Wildman–Crippen LogP) is 3.41. The Bertz CT molecular complexity index is 345. The van der Waals surface area contributed by atoms with Gasteiger partial charge < -0.3 is 4.74 Å². The van der Waals surface area contributed by atoms with E-state index < -0.39 is 0 Å². The Morgan fingerprint density at radius 3 is 2.50 bits per heavy atom. The minimum Gasteiger partial charge on any atom is -0.477 e. The topological polar surface area (TPSA) is 35.0 Å². The molecule has 0 spiro atoms. The van der Waals surface area contributed by atoms with Gasteiger partial charge in [0.05, 0.1) is 6.61 Å². The van der Waals surface area contributed by atoms with Crippen molar-refractivity contribution in [1.29, 1.82) is 0 Å². The number of hydrogen-bond acceptors (Lipinski definition) is 5. The molecule has 0 fully saturated rings. The number of unbranched alkanes of at least 4 members (excludes halogenated alkanes) is 1. The SMILES string of the molecule is CCCCOc1nc(SC)nc(SC)c1C. The predicted molar refractivity (Wildman–Crippen MR) is 70.7 cm³/mol. The monoisotopic (exact) mass is 258 g/mol. The van der Waals surface area contributed by atoms with Crippen LogP contribution in [0.4, 0.5) is 0 Å². The number of ether oxygens (including phenoxy) is 1. The highest BCUT2D eigenvalue weighted by atomic mass is 32.2. The molecular weight excluding hydrogens is 240 g/mol. The van der Waals surface area contributed by atoms with E-state index in [0.29, 0.717) is 0 Å². The molecule has 0 aliphatic heterocycles. The van der Waals surface area contributed by atoms with Gasteiger partial charge in [-0.05, 0) is 25.9 Å². The summed E-state index contributed by atoms with van der Waals surface area (Å²) < 4.78 is 5.68. The lowest BCUT2D eigenvalue weighted by Gasteiger charge is -2.10. The minimum atomic E-state index is 0.732. The van der Waals surface area contributed by atoms with Crippen LogP contribution in [0.5, 0.6) is 5.88 Å². The van der Waals surface area contributed by atoms with Crippen LogP contribution in [0.2, 0.25) is 0 Å². The number of hydrogen-bond donors (Lipinski definition) is 0. The van der Waals surface area contributed by atoms with E-state index in [9.17, 15) is 0 Å². The summed E-state index contributed by atoms with van der Waals surface area (Å²) in [5.74, 6) is 0.733. The molecule has 0 amide bonds. The van der Waals surface area contributed by atoms with Crippen molar-refractivity contribution in [2.45, 2.75) is 36.9 Å². The van der Waals surface area contributed by atoms with E-state index in [0.717, 1.165) is 41.1 Å². The first-order valence-electron chi connectivity index (χ1n) is 5.32. The largest absolute Gasteiger partial charge is 0.477 e. The van der Waals surface area contributed by atoms with E-state index in [-0.39, 0.29) is 0 Å². The number of nitrogens with zero attached hydrogens (tertiary/aromatic N) is 2. The second-order valence-corrected chi connectivity index (χ2v) is 4.92. The highest BCUT2D eigenvalue weighted by molar-refractivity contribution is 7.99. The summed E-state index contributed by atoms with van der Waals surface area (Å²) >= 11 is 3.18. The normalized spacial score (nSPS) is 10.5. The van der Waals surface area contributed by atoms with Gasteiger partial charge >= 0.3 is 0 Å². The van der Waals surface area contributed by atoms with Crippen LogP contribution < -0.4 is 4.74 Å². The van der Waals surface area contributed by atoms with Gasteiger partial charge in [0.25, 0.3) is 0 Å². The second kappa shape index (κ2) is 7.01. The number of rotatable bonds is 6. The maximum Gasteiger partial charge on any atom is 0.221 e. The fourth-order valence-electron chi connectivity index (χ4n) is 1.20. The molecule has 5 heteroatoms. The minimum absolute atomic E-state index is 0.732. The quantitative estimate of drug-likeness (QED) is 0.338. The fourth-order valence-corrected chi connectivity index (χ4v) is 2.19. The molecule has 1 aromatic rings. The van der Waals surface area contributed by atoms with Gasteiger partial charge in [0.2, 0.25) is 5.88 Å². The van der Waals surface area contributed by atoms with E-state index in [1.54, 1.807) is 23.5 Å². The van der Waals surface area contributed by atoms with E-state index >= 15 is 0 Å². The Balaban J connectivity index is 2.88. The maximum atomic E-state index is 5.68. The molecular formula is C11H18N2OS2. The van der Waals surface area contributed by atoms with E-state index in [4.69, 9.17) is 4.74 Å². The fraction of sp³-hybridized carbons (Fsp3) is 0.636. The Hall–Kier alpha value is -0.420. The summed E-state index contributed by atoms with van der Waals surface area (Å²) in [6.07, 6.45) is 6.20. The third-order valence-electron chi connectivity index (χ3n) is 2.15. The third-order valence-corrected chi connectivity index (χ3v) is 3.48. The van der Waals surface area contributed by atoms with Crippen molar-refractivity contribution >= 4 is 23.5 Å². The van der Waals surface area contributed by atoms with Gasteiger partial charge in [-0.1, -0.05) is 25.1 Å². The Morgan fingerprint density at radius 1 is 1.19 bits per heavy atom. The first-order valence-corrected chi connectivity index (χ1v) is 7.77. The standard InChI is InChI=1S/C11H18N2OS2/c1-5-6-7-14-9-8(2)10(15-3)13-11(12-9)16-4/h5-7H2,1-4H3. The van der Waals surface area contributed by atoms with Crippen molar-refractivity contribution in [3.05, 3.63) is 5.56 Å². The molecule has 90 valence electrons. The van der Waals surface area contributed by atoms with Crippen LogP contribution in [0.1, 0.15) is 25.3 Å². The molecule has 0 aliphatic rings. The maximum absolute atomic E-state index is 5.68. The molecule has 0 aromatic carbocycles. The van der Waals surface area contributed by atoms with Crippen LogP contribution in [-0.2, 0) is 0 Å². The van der Waals surface area contributed by atoms with Gasteiger partial charge in [0, 0.05) is 5.56 Å². The Labute approximate surface area is 106 Å². The van der Waals surface area contributed by atoms with Crippen molar-refractivity contribution in [1.82, 2.24) is 9.97 Å². The van der Waals surface area contributed by atoms with Crippen LogP contribution in [0.3, 0.4) is 0 Å². The molecule has 0 atom stereocenters. The van der Waals surface area contributed by atoms with E-state index in [1.807, 2.05) is 19.4 Å². The lowest BCUT2D eigenvalue weighted by Crippen LogP contribution is -2.03. The highest BCUT2D eigenvalue weighted by Crippen LogP contribution is 2.27. The van der Waals surface area contributed by atoms with Crippen molar-refractivity contribution in [2.24, 2.45) is 0 Å². The van der Waals surface area contributed by atoms with Crippen molar-refractivity contribution < 1.29 is 4.74 Å². The van der Waals surface area contributed by atoms with Crippen LogP contribution in [0.15, 0.2) is 10.2 Å². The molecule has 0 bridgehead atoms. The Morgan fingerprint density at radius 2 is 1.94 bits per heavy atom. The average molecular weight is 258 g/mol. The van der Waals surface area contributed by atoms with Gasteiger partial charge in [-0.15, -0.1) is 11.8 Å². The van der Waals surface area contributed by atoms with Gasteiger partial charge in [0.1, 0.15) is 5.03 Å². The summed E-state index contributed by atoms with van der Waals surface area (Å²) in [6.45, 7) is 4.89. The first-order chi connectivity index (χ1) is 7.72. The molecule has 1 rings (SSSR count). The number of aromatic nitrogens is 2. The molecule has 16 heavy (non-hydrogen) atoms. The summed E-state index contributed by atoms with van der Waals surface area (Å²) in [6, 6.07) is 0. The lowest BCUT2D eigenvalue weighted by molar-refractivity contribution is 0.290. The lowest BCUT2D eigenvalue weighted by atomic mass is 10.3. The summed E-state index contributed by atoms with van der Waals surface area (Å²) in [7, 11) is 0. The van der Waals surface area contributed by atoms with Gasteiger partial charge in [-0.3, -0.25) is 0 Å². The van der Waals surface area contributed by atoms with Crippen LogP contribution in [0, 0.1) is 6.92 Å². The zero-order valence-corrected chi connectivity index (χ0v) is 11.9. The molecule has 0 N–H and O–H groups in total. The summed E-state index contributed by atoms with van der Waals surface area (Å²) in [4.78, 5) is 8.82. The van der Waals surface area contributed by atoms with Crippen molar-refractivity contribution in [3.63, 3.8) is 0 Å². The number of thioether (sulfide) groups is 2. The molecule has 0 aliphatic carbocycles. The molecule has 0 saturated heterocycles. The van der Waals surface area contributed by atoms with Gasteiger partial charge in [0.15, 0.2) is 5.16 Å². The molecule has 0 unspecified atom stereocenters. The Kier molecular flexibility index (Phi) is 5.98. The van der Waals surface area contributed by atoms with Crippen LogP contribution in [-0.4, -0.2) is 29.1 Å². The summed E-state index contributed by atoms with van der Waals surface area (Å²) in [5, 5.41) is 1.78. The summed E-state index contributed by atoms with van der Waals surface area (Å²) in [5.41, 5.74) is 1.04. The molecule has 3 nitrogen and oxygen atoms in total. The molecule has 1 heterocycles.